The number of carbonyl (C=O) groups excluding carboxylic acids is 3. The summed E-state index contributed by atoms with van der Waals surface area (Å²) in [5, 5.41) is 8.06. The maximum Gasteiger partial charge on any atom is 3.00 e. The van der Waals surface area contributed by atoms with Gasteiger partial charge >= 0.3 is 21.7 Å². The molecular formula is C27H53O4Ti. The first-order chi connectivity index (χ1) is 14.5. The standard InChI is InChI=1S/3C8H15O.C3H8O.Ti/c3*1-8(2)6-4-3-5-7-9;1-3(2)4;/h3*8H,3-6H2,1-2H3;3-4H,1-2H3;/q3*-1;;+3. The number of hydrogen-bond acceptors (Lipinski definition) is 4. The first-order valence-corrected chi connectivity index (χ1v) is 12.3. The minimum atomic E-state index is -0.167. The molecule has 0 saturated heterocycles. The van der Waals surface area contributed by atoms with Gasteiger partial charge in [0, 0.05) is 6.10 Å². The Balaban J connectivity index is -0.000000104. The van der Waals surface area contributed by atoms with E-state index in [0.717, 1.165) is 37.0 Å². The molecule has 0 saturated carbocycles. The molecule has 1 N–H and O–H groups in total. The molecule has 0 aromatic heterocycles. The molecular weight excluding hydrogens is 436 g/mol. The summed E-state index contributed by atoms with van der Waals surface area (Å²) in [5.74, 6) is 2.32. The summed E-state index contributed by atoms with van der Waals surface area (Å²) in [5.41, 5.74) is 0. The van der Waals surface area contributed by atoms with Crippen molar-refractivity contribution in [2.75, 3.05) is 0 Å². The van der Waals surface area contributed by atoms with E-state index < -0.39 is 0 Å². The zero-order valence-electron chi connectivity index (χ0n) is 22.5. The largest absolute Gasteiger partial charge is 3.00 e. The van der Waals surface area contributed by atoms with Crippen molar-refractivity contribution < 1.29 is 41.2 Å². The Bertz CT molecular complexity index is 292. The van der Waals surface area contributed by atoms with Crippen LogP contribution in [-0.4, -0.2) is 30.1 Å². The number of aliphatic hydroxyl groups is 1. The van der Waals surface area contributed by atoms with E-state index >= 15 is 0 Å². The molecule has 0 rings (SSSR count). The van der Waals surface area contributed by atoms with E-state index in [1.54, 1.807) is 13.8 Å². The summed E-state index contributed by atoms with van der Waals surface area (Å²) in [7, 11) is 0. The predicted octanol–water partition coefficient (Wildman–Crippen LogP) is 7.32. The van der Waals surface area contributed by atoms with Crippen molar-refractivity contribution in [1.82, 2.24) is 0 Å². The van der Waals surface area contributed by atoms with Gasteiger partial charge in [0.15, 0.2) is 0 Å². The molecule has 32 heavy (non-hydrogen) atoms. The second-order valence-electron chi connectivity index (χ2n) is 9.45. The van der Waals surface area contributed by atoms with Crippen LogP contribution >= 0.6 is 0 Å². The van der Waals surface area contributed by atoms with Crippen molar-refractivity contribution in [3.8, 4) is 0 Å². The van der Waals surface area contributed by atoms with Gasteiger partial charge in [0.2, 0.25) is 0 Å². The molecule has 189 valence electrons. The maximum absolute atomic E-state index is 9.72. The van der Waals surface area contributed by atoms with E-state index in [4.69, 9.17) is 5.11 Å². The topological polar surface area (TPSA) is 71.4 Å². The van der Waals surface area contributed by atoms with Gasteiger partial charge in [-0.25, -0.2) is 0 Å². The molecule has 0 spiro atoms. The third-order valence-corrected chi connectivity index (χ3v) is 3.93. The van der Waals surface area contributed by atoms with Gasteiger partial charge in [0.1, 0.15) is 0 Å². The SMILES string of the molecule is CC(C)CCCC[C-]=O.CC(C)CCCC[C-]=O.CC(C)CCCC[C-]=O.CC(C)O.[Ti+3]. The molecule has 0 aliphatic rings. The molecule has 0 aromatic rings. The van der Waals surface area contributed by atoms with Gasteiger partial charge < -0.3 is 19.5 Å². The van der Waals surface area contributed by atoms with E-state index in [-0.39, 0.29) is 27.8 Å². The summed E-state index contributed by atoms with van der Waals surface area (Å²) in [6.45, 7) is 16.6. The van der Waals surface area contributed by atoms with E-state index in [9.17, 15) is 14.4 Å². The van der Waals surface area contributed by atoms with Crippen LogP contribution in [0.5, 0.6) is 0 Å². The minimum Gasteiger partial charge on any atom is -0.542 e. The molecule has 4 nitrogen and oxygen atoms in total. The van der Waals surface area contributed by atoms with E-state index in [2.05, 4.69) is 41.5 Å². The van der Waals surface area contributed by atoms with Crippen LogP contribution < -0.4 is 0 Å². The first kappa shape index (κ1) is 41.9. The monoisotopic (exact) mass is 489 g/mol. The summed E-state index contributed by atoms with van der Waals surface area (Å²) in [4.78, 5) is 29.2. The quantitative estimate of drug-likeness (QED) is 0.149. The fraction of sp³-hybridized carbons (Fsp3) is 0.889. The van der Waals surface area contributed by atoms with E-state index in [1.807, 2.05) is 18.9 Å². The third kappa shape index (κ3) is 78.1. The van der Waals surface area contributed by atoms with Crippen LogP contribution in [0.1, 0.15) is 132 Å². The van der Waals surface area contributed by atoms with Gasteiger partial charge in [0.25, 0.3) is 0 Å². The van der Waals surface area contributed by atoms with E-state index in [0.29, 0.717) is 19.3 Å². The number of aliphatic hydroxyl groups excluding tert-OH is 1. The van der Waals surface area contributed by atoms with Crippen molar-refractivity contribution in [3.63, 3.8) is 0 Å². The summed E-state index contributed by atoms with van der Waals surface area (Å²) in [6.07, 6.45) is 17.6. The fourth-order valence-corrected chi connectivity index (χ4v) is 2.25. The predicted molar refractivity (Wildman–Crippen MR) is 134 cm³/mol. The zero-order valence-corrected chi connectivity index (χ0v) is 24.0. The van der Waals surface area contributed by atoms with Crippen LogP contribution in [0.3, 0.4) is 0 Å². The third-order valence-electron chi connectivity index (χ3n) is 3.93. The second-order valence-corrected chi connectivity index (χ2v) is 9.45. The molecule has 1 radical (unpaired) electrons. The molecule has 0 heterocycles. The van der Waals surface area contributed by atoms with Crippen LogP contribution in [0.25, 0.3) is 0 Å². The van der Waals surface area contributed by atoms with E-state index in [1.165, 1.54) is 38.5 Å². The smallest absolute Gasteiger partial charge is 0.542 e. The number of unbranched alkanes of at least 4 members (excludes halogenated alkanes) is 6. The van der Waals surface area contributed by atoms with Gasteiger partial charge in [-0.15, -0.1) is 0 Å². The molecule has 0 fully saturated rings. The molecule has 0 aliphatic carbocycles. The Morgan fingerprint density at radius 1 is 0.500 bits per heavy atom. The Hall–Kier alpha value is -0.316. The Kier molecular flexibility index (Phi) is 49.7. The Labute approximate surface area is 216 Å². The average molecular weight is 490 g/mol. The molecule has 0 aliphatic heterocycles. The first-order valence-electron chi connectivity index (χ1n) is 12.3. The fourth-order valence-electron chi connectivity index (χ4n) is 2.25. The minimum absolute atomic E-state index is 0. The molecule has 0 atom stereocenters. The van der Waals surface area contributed by atoms with Crippen molar-refractivity contribution in [3.05, 3.63) is 0 Å². The van der Waals surface area contributed by atoms with Crippen LogP contribution in [0, 0.1) is 17.8 Å². The van der Waals surface area contributed by atoms with Crippen LogP contribution in [0.2, 0.25) is 0 Å². The Morgan fingerprint density at radius 2 is 0.688 bits per heavy atom. The molecule has 0 bridgehead atoms. The molecule has 0 aromatic carbocycles. The molecule has 0 unspecified atom stereocenters. The van der Waals surface area contributed by atoms with Gasteiger partial charge in [-0.1, -0.05) is 99.3 Å². The number of hydrogen-bond donors (Lipinski definition) is 1. The van der Waals surface area contributed by atoms with Gasteiger partial charge in [-0.3, -0.25) is 18.9 Å². The van der Waals surface area contributed by atoms with Crippen molar-refractivity contribution in [1.29, 1.82) is 0 Å². The molecule has 0 amide bonds. The van der Waals surface area contributed by atoms with Gasteiger partial charge in [-0.2, -0.15) is 19.3 Å². The van der Waals surface area contributed by atoms with Crippen molar-refractivity contribution >= 4 is 18.9 Å². The summed E-state index contributed by atoms with van der Waals surface area (Å²) in [6, 6.07) is 0. The van der Waals surface area contributed by atoms with Gasteiger partial charge in [0.05, 0.1) is 0 Å². The van der Waals surface area contributed by atoms with Crippen LogP contribution in [-0.2, 0) is 36.1 Å². The second kappa shape index (κ2) is 38.0. The Morgan fingerprint density at radius 3 is 0.812 bits per heavy atom. The van der Waals surface area contributed by atoms with Crippen molar-refractivity contribution in [2.24, 2.45) is 17.8 Å². The zero-order chi connectivity index (χ0) is 24.9. The van der Waals surface area contributed by atoms with Gasteiger partial charge in [-0.05, 0) is 31.6 Å². The van der Waals surface area contributed by atoms with Crippen LogP contribution in [0.4, 0.5) is 0 Å². The summed E-state index contributed by atoms with van der Waals surface area (Å²) >= 11 is 0. The normalized spacial score (nSPS) is 9.66. The maximum atomic E-state index is 9.72. The average Bonchev–Trinajstić information content (AvgIpc) is 2.66. The van der Waals surface area contributed by atoms with Crippen molar-refractivity contribution in [2.45, 2.75) is 139 Å². The van der Waals surface area contributed by atoms with Crippen LogP contribution in [0.15, 0.2) is 0 Å². The molecule has 5 heteroatoms. The number of rotatable bonds is 15. The summed E-state index contributed by atoms with van der Waals surface area (Å²) < 4.78 is 0.